The Bertz CT molecular complexity index is 769. The van der Waals surface area contributed by atoms with Gasteiger partial charge in [0.15, 0.2) is 0 Å². The Hall–Kier alpha value is -2.83. The van der Waals surface area contributed by atoms with Gasteiger partial charge in [-0.25, -0.2) is 4.79 Å². The van der Waals surface area contributed by atoms with Crippen molar-refractivity contribution in [1.29, 1.82) is 0 Å². The van der Waals surface area contributed by atoms with E-state index in [0.29, 0.717) is 38.8 Å². The van der Waals surface area contributed by atoms with Crippen LogP contribution < -0.4 is 10.1 Å². The van der Waals surface area contributed by atoms with E-state index in [-0.39, 0.29) is 24.4 Å². The summed E-state index contributed by atoms with van der Waals surface area (Å²) in [6, 6.07) is 7.27. The fourth-order valence-electron chi connectivity index (χ4n) is 3.98. The molecular formula is C22H29N3O4. The van der Waals surface area contributed by atoms with Crippen molar-refractivity contribution in [3.8, 4) is 5.75 Å². The Kier molecular flexibility index (Phi) is 6.56. The van der Waals surface area contributed by atoms with Crippen LogP contribution in [0.25, 0.3) is 0 Å². The van der Waals surface area contributed by atoms with E-state index in [1.54, 1.807) is 18.0 Å². The molecule has 1 saturated heterocycles. The first kappa shape index (κ1) is 20.9. The van der Waals surface area contributed by atoms with E-state index in [2.05, 4.69) is 11.9 Å². The van der Waals surface area contributed by atoms with Crippen LogP contribution in [-0.4, -0.2) is 53.4 Å². The molecular weight excluding hydrogens is 370 g/mol. The highest BCUT2D eigenvalue weighted by Crippen LogP contribution is 2.35. The Morgan fingerprint density at radius 1 is 1.28 bits per heavy atom. The third-order valence-electron chi connectivity index (χ3n) is 5.61. The maximum atomic E-state index is 12.6. The smallest absolute Gasteiger partial charge is 0.325 e. The predicted octanol–water partition coefficient (Wildman–Crippen LogP) is 2.85. The molecule has 0 radical (unpaired) electrons. The molecule has 0 aromatic heterocycles. The van der Waals surface area contributed by atoms with E-state index < -0.39 is 5.54 Å². The summed E-state index contributed by atoms with van der Waals surface area (Å²) in [6.07, 6.45) is 5.80. The average molecular weight is 399 g/mol. The zero-order chi connectivity index (χ0) is 20.9. The summed E-state index contributed by atoms with van der Waals surface area (Å²) in [7, 11) is 1.76. The molecule has 1 spiro atoms. The van der Waals surface area contributed by atoms with Gasteiger partial charge in [0.05, 0.1) is 0 Å². The number of amides is 4. The lowest BCUT2D eigenvalue weighted by molar-refractivity contribution is -0.133. The van der Waals surface area contributed by atoms with E-state index in [4.69, 9.17) is 4.74 Å². The molecule has 1 aromatic carbocycles. The first-order valence-electron chi connectivity index (χ1n) is 10.2. The van der Waals surface area contributed by atoms with Crippen LogP contribution in [0, 0.1) is 0 Å². The average Bonchev–Trinajstić information content (AvgIpc) is 3.27. The van der Waals surface area contributed by atoms with Gasteiger partial charge < -0.3 is 15.0 Å². The minimum atomic E-state index is -0.681. The summed E-state index contributed by atoms with van der Waals surface area (Å²) >= 11 is 0. The summed E-state index contributed by atoms with van der Waals surface area (Å²) in [5.74, 6) is 0.621. The standard InChI is InChI=1S/C22H29N3O4/c1-3-15-29-18-10-8-17(9-11-18)16-24(2)19(26)7-6-14-25-20(27)22(23-21(25)28)12-4-5-13-22/h3,8-11H,1,4-7,12-16H2,2H3,(H,23,28). The molecule has 1 N–H and O–H groups in total. The third kappa shape index (κ3) is 4.78. The van der Waals surface area contributed by atoms with Crippen LogP contribution in [0.4, 0.5) is 4.79 Å². The highest BCUT2D eigenvalue weighted by atomic mass is 16.5. The van der Waals surface area contributed by atoms with Crippen LogP contribution in [0.2, 0.25) is 0 Å². The van der Waals surface area contributed by atoms with Gasteiger partial charge in [0.2, 0.25) is 5.91 Å². The van der Waals surface area contributed by atoms with Gasteiger partial charge in [-0.1, -0.05) is 37.6 Å². The van der Waals surface area contributed by atoms with Crippen LogP contribution in [-0.2, 0) is 16.1 Å². The molecule has 1 saturated carbocycles. The number of rotatable bonds is 9. The molecule has 156 valence electrons. The molecule has 0 atom stereocenters. The maximum absolute atomic E-state index is 12.6. The summed E-state index contributed by atoms with van der Waals surface area (Å²) in [4.78, 5) is 40.2. The fourth-order valence-corrected chi connectivity index (χ4v) is 3.98. The highest BCUT2D eigenvalue weighted by Gasteiger charge is 2.52. The van der Waals surface area contributed by atoms with E-state index >= 15 is 0 Å². The second-order valence-corrected chi connectivity index (χ2v) is 7.77. The second-order valence-electron chi connectivity index (χ2n) is 7.77. The molecule has 7 heteroatoms. The van der Waals surface area contributed by atoms with Crippen molar-refractivity contribution in [3.05, 3.63) is 42.5 Å². The zero-order valence-corrected chi connectivity index (χ0v) is 17.0. The lowest BCUT2D eigenvalue weighted by Gasteiger charge is -2.20. The van der Waals surface area contributed by atoms with Gasteiger partial charge in [-0.15, -0.1) is 0 Å². The Morgan fingerprint density at radius 2 is 1.97 bits per heavy atom. The molecule has 1 aromatic rings. The monoisotopic (exact) mass is 399 g/mol. The molecule has 2 fully saturated rings. The number of nitrogens with one attached hydrogen (secondary N) is 1. The van der Waals surface area contributed by atoms with Crippen molar-refractivity contribution in [2.75, 3.05) is 20.2 Å². The zero-order valence-electron chi connectivity index (χ0n) is 17.0. The minimum Gasteiger partial charge on any atom is -0.490 e. The van der Waals surface area contributed by atoms with Gasteiger partial charge >= 0.3 is 6.03 Å². The predicted molar refractivity (Wildman–Crippen MR) is 109 cm³/mol. The summed E-state index contributed by atoms with van der Waals surface area (Å²) in [6.45, 7) is 4.84. The lowest BCUT2D eigenvalue weighted by Crippen LogP contribution is -2.44. The number of nitrogens with zero attached hydrogens (tertiary/aromatic N) is 2. The van der Waals surface area contributed by atoms with Gasteiger partial charge in [-0.05, 0) is 37.0 Å². The van der Waals surface area contributed by atoms with Gasteiger partial charge in [-0.3, -0.25) is 14.5 Å². The second kappa shape index (κ2) is 9.11. The normalized spacial score (nSPS) is 17.5. The summed E-state index contributed by atoms with van der Waals surface area (Å²) in [5, 5.41) is 2.87. The molecule has 1 aliphatic carbocycles. The van der Waals surface area contributed by atoms with Gasteiger partial charge in [0.25, 0.3) is 5.91 Å². The number of benzene rings is 1. The number of carbonyl (C=O) groups excluding carboxylic acids is 3. The first-order chi connectivity index (χ1) is 13.9. The third-order valence-corrected chi connectivity index (χ3v) is 5.61. The number of imide groups is 1. The van der Waals surface area contributed by atoms with Crippen molar-refractivity contribution in [1.82, 2.24) is 15.1 Å². The van der Waals surface area contributed by atoms with E-state index in [1.165, 1.54) is 4.90 Å². The van der Waals surface area contributed by atoms with Crippen LogP contribution >= 0.6 is 0 Å². The van der Waals surface area contributed by atoms with Crippen LogP contribution in [0.5, 0.6) is 5.75 Å². The SMILES string of the molecule is C=CCOc1ccc(CN(C)C(=O)CCCN2C(=O)NC3(CCCC3)C2=O)cc1. The molecule has 1 heterocycles. The summed E-state index contributed by atoms with van der Waals surface area (Å²) < 4.78 is 5.45. The van der Waals surface area contributed by atoms with Crippen LogP contribution in [0.1, 0.15) is 44.1 Å². The number of hydrogen-bond acceptors (Lipinski definition) is 4. The molecule has 0 unspecified atom stereocenters. The van der Waals surface area contributed by atoms with Gasteiger partial charge in [0.1, 0.15) is 17.9 Å². The van der Waals surface area contributed by atoms with Crippen LogP contribution in [0.3, 0.4) is 0 Å². The van der Waals surface area contributed by atoms with E-state index in [9.17, 15) is 14.4 Å². The number of ether oxygens (including phenoxy) is 1. The van der Waals surface area contributed by atoms with Gasteiger partial charge in [-0.2, -0.15) is 0 Å². The quantitative estimate of drug-likeness (QED) is 0.512. The molecule has 3 rings (SSSR count). The van der Waals surface area contributed by atoms with Crippen molar-refractivity contribution >= 4 is 17.8 Å². The van der Waals surface area contributed by atoms with Crippen molar-refractivity contribution in [3.63, 3.8) is 0 Å². The number of carbonyl (C=O) groups is 3. The molecule has 2 aliphatic rings. The van der Waals surface area contributed by atoms with Crippen LogP contribution in [0.15, 0.2) is 36.9 Å². The Balaban J connectivity index is 1.44. The Morgan fingerprint density at radius 3 is 2.62 bits per heavy atom. The minimum absolute atomic E-state index is 0.0142. The molecule has 29 heavy (non-hydrogen) atoms. The highest BCUT2D eigenvalue weighted by molar-refractivity contribution is 6.07. The summed E-state index contributed by atoms with van der Waals surface area (Å²) in [5.41, 5.74) is 0.323. The topological polar surface area (TPSA) is 79.0 Å². The van der Waals surface area contributed by atoms with Crippen molar-refractivity contribution in [2.45, 2.75) is 50.6 Å². The molecule has 4 amide bonds. The fraction of sp³-hybridized carbons (Fsp3) is 0.500. The largest absolute Gasteiger partial charge is 0.490 e. The number of hydrogen-bond donors (Lipinski definition) is 1. The maximum Gasteiger partial charge on any atom is 0.325 e. The van der Waals surface area contributed by atoms with E-state index in [1.807, 2.05) is 24.3 Å². The van der Waals surface area contributed by atoms with Crippen molar-refractivity contribution < 1.29 is 19.1 Å². The lowest BCUT2D eigenvalue weighted by atomic mass is 9.98. The Labute approximate surface area is 171 Å². The molecule has 0 bridgehead atoms. The molecule has 1 aliphatic heterocycles. The van der Waals surface area contributed by atoms with Crippen molar-refractivity contribution in [2.24, 2.45) is 0 Å². The molecule has 7 nitrogen and oxygen atoms in total. The van der Waals surface area contributed by atoms with E-state index in [0.717, 1.165) is 24.2 Å². The number of urea groups is 1. The van der Waals surface area contributed by atoms with Gasteiger partial charge in [0, 0.05) is 26.6 Å². The first-order valence-corrected chi connectivity index (χ1v) is 10.2.